The molecule has 0 saturated carbocycles. The molecule has 1 heterocycles. The quantitative estimate of drug-likeness (QED) is 0.775. The van der Waals surface area contributed by atoms with Crippen molar-refractivity contribution in [2.24, 2.45) is 0 Å². The normalized spacial score (nSPS) is 11.0. The summed E-state index contributed by atoms with van der Waals surface area (Å²) in [5, 5.41) is 13.0. The average Bonchev–Trinajstić information content (AvgIpc) is 2.98. The summed E-state index contributed by atoms with van der Waals surface area (Å²) < 4.78 is 29.0. The first kappa shape index (κ1) is 15.8. The van der Waals surface area contributed by atoms with Crippen molar-refractivity contribution in [3.05, 3.63) is 66.9 Å². The lowest BCUT2D eigenvalue weighted by Gasteiger charge is -2.07. The first-order valence-corrected chi connectivity index (χ1v) is 8.66. The van der Waals surface area contributed by atoms with Gasteiger partial charge in [0.05, 0.1) is 11.0 Å². The van der Waals surface area contributed by atoms with Gasteiger partial charge in [0.25, 0.3) is 10.0 Å². The summed E-state index contributed by atoms with van der Waals surface area (Å²) in [7, 11) is -3.75. The number of aromatic nitrogens is 2. The van der Waals surface area contributed by atoms with Crippen molar-refractivity contribution >= 4 is 15.8 Å². The standard InChI is InChI=1S/C17H14N4O2S/c18-11-12-21-13-16(14-7-3-1-4-8-14)17(19-21)20-24(22,23)15-9-5-2-6-10-15/h1-10,13H,12H2,(H,19,20). The highest BCUT2D eigenvalue weighted by atomic mass is 32.2. The zero-order chi connectivity index (χ0) is 17.0. The molecule has 1 N–H and O–H groups in total. The molecular formula is C17H14N4O2S. The second kappa shape index (κ2) is 6.56. The Morgan fingerprint density at radius 3 is 2.29 bits per heavy atom. The van der Waals surface area contributed by atoms with Crippen LogP contribution >= 0.6 is 0 Å². The van der Waals surface area contributed by atoms with Gasteiger partial charge in [0.2, 0.25) is 0 Å². The van der Waals surface area contributed by atoms with Crippen molar-refractivity contribution in [2.75, 3.05) is 4.72 Å². The van der Waals surface area contributed by atoms with E-state index >= 15 is 0 Å². The summed E-state index contributed by atoms with van der Waals surface area (Å²) >= 11 is 0. The minimum atomic E-state index is -3.75. The minimum Gasteiger partial charge on any atom is -0.261 e. The van der Waals surface area contributed by atoms with E-state index in [1.54, 1.807) is 24.4 Å². The van der Waals surface area contributed by atoms with Gasteiger partial charge in [0.15, 0.2) is 5.82 Å². The van der Waals surface area contributed by atoms with Crippen LogP contribution in [0.15, 0.2) is 71.8 Å². The molecular weight excluding hydrogens is 324 g/mol. The van der Waals surface area contributed by atoms with Crippen LogP contribution in [0.3, 0.4) is 0 Å². The van der Waals surface area contributed by atoms with Gasteiger partial charge in [-0.1, -0.05) is 48.5 Å². The molecule has 7 heteroatoms. The largest absolute Gasteiger partial charge is 0.263 e. The van der Waals surface area contributed by atoms with E-state index in [-0.39, 0.29) is 17.3 Å². The molecule has 0 bridgehead atoms. The Balaban J connectivity index is 2.03. The third-order valence-corrected chi connectivity index (χ3v) is 4.72. The second-order valence-electron chi connectivity index (χ2n) is 5.03. The number of rotatable bonds is 5. The topological polar surface area (TPSA) is 87.8 Å². The van der Waals surface area contributed by atoms with E-state index < -0.39 is 10.0 Å². The van der Waals surface area contributed by atoms with Gasteiger partial charge in [0.1, 0.15) is 6.54 Å². The van der Waals surface area contributed by atoms with E-state index in [0.29, 0.717) is 5.56 Å². The van der Waals surface area contributed by atoms with E-state index in [1.807, 2.05) is 36.4 Å². The van der Waals surface area contributed by atoms with Gasteiger partial charge in [-0.05, 0) is 17.7 Å². The lowest BCUT2D eigenvalue weighted by molar-refractivity contribution is 0.600. The van der Waals surface area contributed by atoms with E-state index in [0.717, 1.165) is 5.56 Å². The van der Waals surface area contributed by atoms with Crippen LogP contribution < -0.4 is 4.72 Å². The van der Waals surface area contributed by atoms with Crippen LogP contribution in [-0.2, 0) is 16.6 Å². The second-order valence-corrected chi connectivity index (χ2v) is 6.71. The maximum absolute atomic E-state index is 12.5. The molecule has 0 aliphatic rings. The van der Waals surface area contributed by atoms with E-state index in [1.165, 1.54) is 16.8 Å². The zero-order valence-electron chi connectivity index (χ0n) is 12.6. The molecule has 0 atom stereocenters. The van der Waals surface area contributed by atoms with Gasteiger partial charge in [-0.2, -0.15) is 10.4 Å². The highest BCUT2D eigenvalue weighted by Crippen LogP contribution is 2.28. The first-order chi connectivity index (χ1) is 11.6. The molecule has 0 radical (unpaired) electrons. The lowest BCUT2D eigenvalue weighted by atomic mass is 10.1. The number of nitrogens with zero attached hydrogens (tertiary/aromatic N) is 3. The Bertz CT molecular complexity index is 974. The highest BCUT2D eigenvalue weighted by molar-refractivity contribution is 7.92. The molecule has 2 aromatic carbocycles. The Kier molecular flexibility index (Phi) is 4.31. The van der Waals surface area contributed by atoms with Crippen molar-refractivity contribution in [3.8, 4) is 17.2 Å². The Morgan fingerprint density at radius 1 is 1.04 bits per heavy atom. The fourth-order valence-electron chi connectivity index (χ4n) is 2.26. The summed E-state index contributed by atoms with van der Waals surface area (Å²) in [5.41, 5.74) is 1.43. The molecule has 0 saturated heterocycles. The molecule has 0 aliphatic heterocycles. The van der Waals surface area contributed by atoms with Crippen molar-refractivity contribution in [3.63, 3.8) is 0 Å². The molecule has 0 amide bonds. The monoisotopic (exact) mass is 338 g/mol. The molecule has 3 aromatic rings. The Morgan fingerprint density at radius 2 is 1.67 bits per heavy atom. The smallest absolute Gasteiger partial charge is 0.261 e. The number of benzene rings is 2. The summed E-state index contributed by atoms with van der Waals surface area (Å²) in [6, 6.07) is 19.4. The van der Waals surface area contributed by atoms with Crippen molar-refractivity contribution < 1.29 is 8.42 Å². The van der Waals surface area contributed by atoms with Gasteiger partial charge in [0, 0.05) is 11.8 Å². The van der Waals surface area contributed by atoms with Crippen LogP contribution in [0.1, 0.15) is 0 Å². The van der Waals surface area contributed by atoms with E-state index in [2.05, 4.69) is 9.82 Å². The molecule has 0 unspecified atom stereocenters. The molecule has 0 aliphatic carbocycles. The summed E-state index contributed by atoms with van der Waals surface area (Å²) in [6.45, 7) is 0.0346. The minimum absolute atomic E-state index is 0.0346. The van der Waals surface area contributed by atoms with Crippen molar-refractivity contribution in [1.29, 1.82) is 5.26 Å². The molecule has 120 valence electrons. The predicted molar refractivity (Wildman–Crippen MR) is 90.5 cm³/mol. The molecule has 0 fully saturated rings. The number of hydrogen-bond acceptors (Lipinski definition) is 4. The van der Waals surface area contributed by atoms with Crippen LogP contribution in [-0.4, -0.2) is 18.2 Å². The van der Waals surface area contributed by atoms with Crippen LogP contribution in [0.4, 0.5) is 5.82 Å². The summed E-state index contributed by atoms with van der Waals surface area (Å²) in [4.78, 5) is 0.152. The Hall–Kier alpha value is -3.11. The third kappa shape index (κ3) is 3.29. The summed E-state index contributed by atoms with van der Waals surface area (Å²) in [5.74, 6) is 0.195. The summed E-state index contributed by atoms with van der Waals surface area (Å²) in [6.07, 6.45) is 1.65. The number of sulfonamides is 1. The number of hydrogen-bond donors (Lipinski definition) is 1. The van der Waals surface area contributed by atoms with Crippen molar-refractivity contribution in [2.45, 2.75) is 11.4 Å². The third-order valence-electron chi connectivity index (χ3n) is 3.36. The van der Waals surface area contributed by atoms with Crippen LogP contribution in [0.2, 0.25) is 0 Å². The maximum Gasteiger partial charge on any atom is 0.263 e. The van der Waals surface area contributed by atoms with Crippen LogP contribution in [0.5, 0.6) is 0 Å². The predicted octanol–water partition coefficient (Wildman–Crippen LogP) is 2.87. The SMILES string of the molecule is N#CCn1cc(-c2ccccc2)c(NS(=O)(=O)c2ccccc2)n1. The fraction of sp³-hybridized carbons (Fsp3) is 0.0588. The van der Waals surface area contributed by atoms with Gasteiger partial charge in [-0.3, -0.25) is 9.40 Å². The first-order valence-electron chi connectivity index (χ1n) is 7.18. The number of nitriles is 1. The molecule has 0 spiro atoms. The highest BCUT2D eigenvalue weighted by Gasteiger charge is 2.19. The van der Waals surface area contributed by atoms with Crippen LogP contribution in [0.25, 0.3) is 11.1 Å². The number of nitrogens with one attached hydrogen (secondary N) is 1. The molecule has 3 rings (SSSR count). The Labute approximate surface area is 140 Å². The maximum atomic E-state index is 12.5. The van der Waals surface area contributed by atoms with Gasteiger partial charge in [-0.15, -0.1) is 0 Å². The van der Waals surface area contributed by atoms with Gasteiger partial charge in [-0.25, -0.2) is 8.42 Å². The lowest BCUT2D eigenvalue weighted by Crippen LogP contribution is -2.14. The van der Waals surface area contributed by atoms with E-state index in [9.17, 15) is 8.42 Å². The van der Waals surface area contributed by atoms with Gasteiger partial charge >= 0.3 is 0 Å². The van der Waals surface area contributed by atoms with E-state index in [4.69, 9.17) is 5.26 Å². The molecule has 24 heavy (non-hydrogen) atoms. The number of anilines is 1. The molecule has 6 nitrogen and oxygen atoms in total. The zero-order valence-corrected chi connectivity index (χ0v) is 13.4. The fourth-order valence-corrected chi connectivity index (χ4v) is 3.30. The van der Waals surface area contributed by atoms with Crippen molar-refractivity contribution in [1.82, 2.24) is 9.78 Å². The van der Waals surface area contributed by atoms with Crippen LogP contribution in [0, 0.1) is 11.3 Å². The average molecular weight is 338 g/mol. The molecule has 1 aromatic heterocycles. The van der Waals surface area contributed by atoms with Gasteiger partial charge < -0.3 is 0 Å².